The molecule has 4 heteroatoms. The molecule has 4 nitrogen and oxygen atoms in total. The normalized spacial score (nSPS) is 9.53. The number of hydrogen-bond donors (Lipinski definition) is 0. The second-order valence-corrected chi connectivity index (χ2v) is 3.63. The van der Waals surface area contributed by atoms with Crippen LogP contribution in [0.5, 0.6) is 0 Å². The molecule has 100 valence electrons. The maximum Gasteiger partial charge on any atom is 0.146 e. The van der Waals surface area contributed by atoms with E-state index in [-0.39, 0.29) is 37.0 Å². The average Bonchev–Trinajstić information content (AvgIpc) is 2.30. The van der Waals surface area contributed by atoms with Crippen molar-refractivity contribution in [3.8, 4) is 0 Å². The molecule has 0 fully saturated rings. The molecule has 0 atom stereocenters. The Morgan fingerprint density at radius 1 is 0.824 bits per heavy atom. The molecule has 0 heterocycles. The van der Waals surface area contributed by atoms with Gasteiger partial charge in [0.25, 0.3) is 0 Å². The van der Waals surface area contributed by atoms with Gasteiger partial charge >= 0.3 is 0 Å². The van der Waals surface area contributed by atoms with Gasteiger partial charge in [0.2, 0.25) is 0 Å². The first-order valence-electron chi connectivity index (χ1n) is 6.24. The standard InChI is InChI=1S/C11H19NO3.C2H6/c1-4-10(14)7-12(6-9(3)13)8-11(15)5-2;1-2/h4-8H2,1-3H3;1-2H3. The first-order chi connectivity index (χ1) is 7.99. The summed E-state index contributed by atoms with van der Waals surface area (Å²) in [6.45, 7) is 9.58. The summed E-state index contributed by atoms with van der Waals surface area (Å²) in [7, 11) is 0. The third-order valence-electron chi connectivity index (χ3n) is 2.03. The Labute approximate surface area is 104 Å². The molecule has 0 bridgehead atoms. The third kappa shape index (κ3) is 11.2. The van der Waals surface area contributed by atoms with Crippen LogP contribution in [-0.2, 0) is 14.4 Å². The first-order valence-corrected chi connectivity index (χ1v) is 6.24. The molecule has 0 spiro atoms. The zero-order chi connectivity index (χ0) is 13.8. The summed E-state index contributed by atoms with van der Waals surface area (Å²) < 4.78 is 0. The van der Waals surface area contributed by atoms with Crippen molar-refractivity contribution < 1.29 is 14.4 Å². The fourth-order valence-corrected chi connectivity index (χ4v) is 1.21. The molecule has 0 aromatic rings. The lowest BCUT2D eigenvalue weighted by Gasteiger charge is -2.18. The summed E-state index contributed by atoms with van der Waals surface area (Å²) in [4.78, 5) is 35.0. The Balaban J connectivity index is 0. The van der Waals surface area contributed by atoms with Crippen molar-refractivity contribution in [3.05, 3.63) is 0 Å². The zero-order valence-electron chi connectivity index (χ0n) is 11.7. The predicted molar refractivity (Wildman–Crippen MR) is 69.1 cm³/mol. The van der Waals surface area contributed by atoms with Gasteiger partial charge in [0.05, 0.1) is 19.6 Å². The molecule has 0 aliphatic heterocycles. The highest BCUT2D eigenvalue weighted by Gasteiger charge is 2.14. The molecule has 0 rings (SSSR count). The number of carbonyl (C=O) groups excluding carboxylic acids is 3. The molecule has 0 aliphatic carbocycles. The van der Waals surface area contributed by atoms with Crippen molar-refractivity contribution in [2.24, 2.45) is 0 Å². The van der Waals surface area contributed by atoms with Crippen LogP contribution >= 0.6 is 0 Å². The molecular weight excluding hydrogens is 218 g/mol. The topological polar surface area (TPSA) is 54.5 Å². The van der Waals surface area contributed by atoms with Crippen molar-refractivity contribution in [3.63, 3.8) is 0 Å². The van der Waals surface area contributed by atoms with Crippen LogP contribution < -0.4 is 0 Å². The fourth-order valence-electron chi connectivity index (χ4n) is 1.21. The maximum absolute atomic E-state index is 11.2. The molecule has 0 aliphatic rings. The van der Waals surface area contributed by atoms with Gasteiger partial charge in [-0.15, -0.1) is 0 Å². The first kappa shape index (κ1) is 18.3. The SMILES string of the molecule is CC.CCC(=O)CN(CC(C)=O)CC(=O)CC. The molecule has 0 N–H and O–H groups in total. The average molecular weight is 243 g/mol. The van der Waals surface area contributed by atoms with E-state index in [4.69, 9.17) is 0 Å². The lowest BCUT2D eigenvalue weighted by molar-refractivity contribution is -0.124. The van der Waals surface area contributed by atoms with Crippen molar-refractivity contribution in [2.75, 3.05) is 19.6 Å². The van der Waals surface area contributed by atoms with Crippen LogP contribution in [0.2, 0.25) is 0 Å². The highest BCUT2D eigenvalue weighted by molar-refractivity contribution is 5.85. The number of rotatable bonds is 8. The minimum atomic E-state index is -0.0252. The quantitative estimate of drug-likeness (QED) is 0.653. The van der Waals surface area contributed by atoms with Gasteiger partial charge in [0, 0.05) is 12.8 Å². The van der Waals surface area contributed by atoms with E-state index >= 15 is 0 Å². The van der Waals surface area contributed by atoms with Gasteiger partial charge in [-0.2, -0.15) is 0 Å². The van der Waals surface area contributed by atoms with E-state index in [1.807, 2.05) is 13.8 Å². The summed E-state index contributed by atoms with van der Waals surface area (Å²) in [6.07, 6.45) is 0.878. The Kier molecular flexibility index (Phi) is 12.4. The predicted octanol–water partition coefficient (Wildman–Crippen LogP) is 1.86. The summed E-state index contributed by atoms with van der Waals surface area (Å²) in [5, 5.41) is 0. The van der Waals surface area contributed by atoms with Crippen LogP contribution in [-0.4, -0.2) is 41.9 Å². The van der Waals surface area contributed by atoms with E-state index in [1.165, 1.54) is 6.92 Å². The van der Waals surface area contributed by atoms with Gasteiger partial charge in [-0.1, -0.05) is 27.7 Å². The Bertz CT molecular complexity index is 231. The summed E-state index contributed by atoms with van der Waals surface area (Å²) in [5.74, 6) is 0.0862. The van der Waals surface area contributed by atoms with Crippen LogP contribution in [0.1, 0.15) is 47.5 Å². The number of ketones is 3. The third-order valence-corrected chi connectivity index (χ3v) is 2.03. The summed E-state index contributed by atoms with van der Waals surface area (Å²) >= 11 is 0. The van der Waals surface area contributed by atoms with Crippen LogP contribution in [0.3, 0.4) is 0 Å². The van der Waals surface area contributed by atoms with Crippen molar-refractivity contribution >= 4 is 17.3 Å². The van der Waals surface area contributed by atoms with Crippen LogP contribution in [0.4, 0.5) is 0 Å². The van der Waals surface area contributed by atoms with Crippen molar-refractivity contribution in [1.29, 1.82) is 0 Å². The van der Waals surface area contributed by atoms with Gasteiger partial charge < -0.3 is 0 Å². The molecule has 0 aromatic carbocycles. The molecule has 17 heavy (non-hydrogen) atoms. The number of hydrogen-bond acceptors (Lipinski definition) is 4. The summed E-state index contributed by atoms with van der Waals surface area (Å²) in [5.41, 5.74) is 0. The highest BCUT2D eigenvalue weighted by Crippen LogP contribution is 1.95. The van der Waals surface area contributed by atoms with Crippen LogP contribution in [0.25, 0.3) is 0 Å². The largest absolute Gasteiger partial charge is 0.299 e. The van der Waals surface area contributed by atoms with Crippen molar-refractivity contribution in [1.82, 2.24) is 4.90 Å². The number of carbonyl (C=O) groups is 3. The zero-order valence-corrected chi connectivity index (χ0v) is 11.7. The minimum Gasteiger partial charge on any atom is -0.299 e. The second-order valence-electron chi connectivity index (χ2n) is 3.63. The highest BCUT2D eigenvalue weighted by atomic mass is 16.1. The van der Waals surface area contributed by atoms with E-state index in [0.29, 0.717) is 12.8 Å². The second kappa shape index (κ2) is 11.5. The molecule has 0 saturated carbocycles. The van der Waals surface area contributed by atoms with Gasteiger partial charge in [0.1, 0.15) is 17.3 Å². The lowest BCUT2D eigenvalue weighted by Crippen LogP contribution is -2.37. The smallest absolute Gasteiger partial charge is 0.146 e. The van der Waals surface area contributed by atoms with Gasteiger partial charge in [0.15, 0.2) is 0 Å². The van der Waals surface area contributed by atoms with E-state index < -0.39 is 0 Å². The van der Waals surface area contributed by atoms with E-state index in [9.17, 15) is 14.4 Å². The molecule has 0 amide bonds. The fraction of sp³-hybridized carbons (Fsp3) is 0.769. The Morgan fingerprint density at radius 2 is 1.18 bits per heavy atom. The molecular formula is C13H25NO3. The number of nitrogens with zero attached hydrogens (tertiary/aromatic N) is 1. The summed E-state index contributed by atoms with van der Waals surface area (Å²) in [6, 6.07) is 0. The maximum atomic E-state index is 11.2. The lowest BCUT2D eigenvalue weighted by atomic mass is 10.2. The van der Waals surface area contributed by atoms with Gasteiger partial charge in [-0.3, -0.25) is 19.3 Å². The molecule has 0 aromatic heterocycles. The van der Waals surface area contributed by atoms with Crippen LogP contribution in [0, 0.1) is 0 Å². The Hall–Kier alpha value is -1.03. The van der Waals surface area contributed by atoms with E-state index in [1.54, 1.807) is 18.7 Å². The van der Waals surface area contributed by atoms with Gasteiger partial charge in [-0.05, 0) is 6.92 Å². The van der Waals surface area contributed by atoms with E-state index in [2.05, 4.69) is 0 Å². The molecule has 0 unspecified atom stereocenters. The van der Waals surface area contributed by atoms with Crippen LogP contribution in [0.15, 0.2) is 0 Å². The minimum absolute atomic E-state index is 0.0252. The van der Waals surface area contributed by atoms with E-state index in [0.717, 1.165) is 0 Å². The molecule has 0 radical (unpaired) electrons. The van der Waals surface area contributed by atoms with Crippen molar-refractivity contribution in [2.45, 2.75) is 47.5 Å². The number of Topliss-reactive ketones (excluding diaryl/α,β-unsaturated/α-hetero) is 3. The monoisotopic (exact) mass is 243 g/mol. The Morgan fingerprint density at radius 3 is 1.41 bits per heavy atom. The molecule has 0 saturated heterocycles. The van der Waals surface area contributed by atoms with Gasteiger partial charge in [-0.25, -0.2) is 0 Å².